The van der Waals surface area contributed by atoms with Crippen LogP contribution in [0.15, 0.2) is 243 Å². The molecule has 8 aromatic carbocycles. The largest absolute Gasteiger partial charge is 0.0622 e. The Morgan fingerprint density at radius 1 is 0.220 bits per heavy atom. The second-order valence-electron chi connectivity index (χ2n) is 13.3. The molecule has 0 aliphatic carbocycles. The zero-order valence-corrected chi connectivity index (χ0v) is 40.0. The molecule has 0 heterocycles. The van der Waals surface area contributed by atoms with E-state index in [2.05, 4.69) is 243 Å². The minimum absolute atomic E-state index is 0.348. The van der Waals surface area contributed by atoms with Gasteiger partial charge in [0.05, 0.1) is 0 Å². The van der Waals surface area contributed by atoms with Gasteiger partial charge in [-0.2, -0.15) is 0 Å². The maximum absolute atomic E-state index is 4.89. The molecule has 8 aromatic rings. The molecule has 0 saturated heterocycles. The molecule has 296 valence electrons. The Morgan fingerprint density at radius 3 is 0.424 bits per heavy atom. The van der Waals surface area contributed by atoms with E-state index in [0.29, 0.717) is 0 Å². The van der Waals surface area contributed by atoms with Crippen LogP contribution in [-0.4, -0.2) is 24.6 Å². The molecule has 0 unspecified atom stereocenters. The van der Waals surface area contributed by atoms with Crippen molar-refractivity contribution < 1.29 is 16.5 Å². The van der Waals surface area contributed by atoms with Crippen molar-refractivity contribution in [2.45, 2.75) is 0 Å². The van der Waals surface area contributed by atoms with Gasteiger partial charge in [-0.05, 0) is 98.8 Å². The van der Waals surface area contributed by atoms with Gasteiger partial charge < -0.3 is 0 Å². The third kappa shape index (κ3) is 14.4. The second kappa shape index (κ2) is 26.2. The van der Waals surface area contributed by atoms with Crippen LogP contribution in [0.3, 0.4) is 0 Å². The summed E-state index contributed by atoms with van der Waals surface area (Å²) in [5.74, 6) is 0. The van der Waals surface area contributed by atoms with Crippen molar-refractivity contribution in [2.75, 3.05) is 24.6 Å². The van der Waals surface area contributed by atoms with Crippen LogP contribution >= 0.6 is 50.5 Å². The van der Waals surface area contributed by atoms with Crippen molar-refractivity contribution in [3.63, 3.8) is 0 Å². The van der Waals surface area contributed by atoms with E-state index in [4.69, 9.17) is 18.8 Å². The molecule has 0 fully saturated rings. The average Bonchev–Trinajstić information content (AvgIpc) is 3.32. The molecule has 0 aromatic heterocycles. The van der Waals surface area contributed by atoms with Crippen LogP contribution in [0.5, 0.6) is 0 Å². The van der Waals surface area contributed by atoms with Gasteiger partial charge in [-0.15, -0.1) is 0 Å². The van der Waals surface area contributed by atoms with Gasteiger partial charge >= 0.3 is 35.3 Å². The normalized spacial score (nSPS) is 10.8. The van der Waals surface area contributed by atoms with E-state index >= 15 is 0 Å². The van der Waals surface area contributed by atoms with Gasteiger partial charge in [0.15, 0.2) is 0 Å². The van der Waals surface area contributed by atoms with Gasteiger partial charge in [-0.25, -0.2) is 0 Å². The van der Waals surface area contributed by atoms with Crippen LogP contribution in [0.25, 0.3) is 0 Å². The average molecular weight is 964 g/mol. The van der Waals surface area contributed by atoms with Gasteiger partial charge in [0.25, 0.3) is 0 Å². The Balaban J connectivity index is 0.000000186. The molecule has 0 atom stereocenters. The van der Waals surface area contributed by atoms with Crippen molar-refractivity contribution in [2.24, 2.45) is 0 Å². The van der Waals surface area contributed by atoms with Gasteiger partial charge in [0, 0.05) is 0 Å². The van der Waals surface area contributed by atoms with E-state index < -0.39 is 16.5 Å². The van der Waals surface area contributed by atoms with Crippen LogP contribution in [-0.2, 0) is 16.5 Å². The summed E-state index contributed by atoms with van der Waals surface area (Å²) in [6.45, 7) is 0. The van der Waals surface area contributed by atoms with E-state index in [9.17, 15) is 0 Å². The maximum Gasteiger partial charge on any atom is -0.0195 e. The Bertz CT molecular complexity index is 1790. The van der Waals surface area contributed by atoms with Crippen molar-refractivity contribution in [3.8, 4) is 0 Å². The summed E-state index contributed by atoms with van der Waals surface area (Å²) in [5, 5.41) is 11.8. The summed E-state index contributed by atoms with van der Waals surface area (Å²) in [7, 11) is 8.40. The summed E-state index contributed by atoms with van der Waals surface area (Å²) < 4.78 is 0. The molecule has 59 heavy (non-hydrogen) atoms. The molecule has 0 spiro atoms. The van der Waals surface area contributed by atoms with Crippen LogP contribution in [0.4, 0.5) is 0 Å². The smallest absolute Gasteiger partial charge is 0.0195 e. The van der Waals surface area contributed by atoms with Crippen LogP contribution in [0, 0.1) is 0 Å². The first-order valence-corrected chi connectivity index (χ1v) is 30.9. The minimum Gasteiger partial charge on any atom is -0.0622 e. The first-order valence-electron chi connectivity index (χ1n) is 19.6. The van der Waals surface area contributed by atoms with E-state index in [-0.39, 0.29) is 31.7 Å². The fraction of sp³-hybridized carbons (Fsp3) is 0.0769. The molecule has 0 radical (unpaired) electrons. The third-order valence-corrected chi connectivity index (χ3v) is 20.4. The molecule has 0 aliphatic heterocycles. The Morgan fingerprint density at radius 2 is 0.322 bits per heavy atom. The molecule has 0 nitrogen and oxygen atoms in total. The topological polar surface area (TPSA) is 0 Å². The molecule has 8 rings (SSSR count). The van der Waals surface area contributed by atoms with Crippen LogP contribution in [0.1, 0.15) is 0 Å². The predicted octanol–water partition coefficient (Wildman–Crippen LogP) is 11.9. The number of hydrogen-bond donors (Lipinski definition) is 0. The fourth-order valence-corrected chi connectivity index (χ4v) is 17.6. The monoisotopic (exact) mass is 964 g/mol. The fourth-order valence-electron chi connectivity index (χ4n) is 6.89. The summed E-state index contributed by atoms with van der Waals surface area (Å²) in [6, 6.07) is 88.4. The standard InChI is InChI=1S/2C26H24P2.2ClH.Mo/c2*1-5-13-23(14-6-1)27(24-15-7-2-8-16-24)21-22-28(25-17-9-3-10-18-25)26-19-11-4-12-20-26;;;/h2*1-20H,21-22H2;2*1H;/q;;;;+2/p-2. The van der Waals surface area contributed by atoms with E-state index in [0.717, 1.165) is 0 Å². The number of benzene rings is 8. The van der Waals surface area contributed by atoms with Crippen molar-refractivity contribution in [3.05, 3.63) is 243 Å². The van der Waals surface area contributed by atoms with Crippen LogP contribution < -0.4 is 42.4 Å². The summed E-state index contributed by atoms with van der Waals surface area (Å²) in [4.78, 5) is 0. The summed E-state index contributed by atoms with van der Waals surface area (Å²) >= 11 is -0.586. The first kappa shape index (κ1) is 45.3. The number of halogens is 2. The molecule has 0 aliphatic rings. The first-order chi connectivity index (χ1) is 29.2. The zero-order chi connectivity index (χ0) is 40.7. The van der Waals surface area contributed by atoms with Crippen molar-refractivity contribution in [1.29, 1.82) is 0 Å². The van der Waals surface area contributed by atoms with E-state index in [1.165, 1.54) is 67.1 Å². The van der Waals surface area contributed by atoms with Gasteiger partial charge in [0.2, 0.25) is 0 Å². The van der Waals surface area contributed by atoms with Gasteiger partial charge in [0.1, 0.15) is 0 Å². The van der Waals surface area contributed by atoms with Crippen molar-refractivity contribution >= 4 is 93.0 Å². The van der Waals surface area contributed by atoms with Gasteiger partial charge in [-0.1, -0.05) is 243 Å². The third-order valence-electron chi connectivity index (χ3n) is 9.64. The zero-order valence-electron chi connectivity index (χ0n) is 32.9. The number of hydrogen-bond acceptors (Lipinski definition) is 0. The minimum atomic E-state index is -0.586. The molecule has 0 N–H and O–H groups in total. The quantitative estimate of drug-likeness (QED) is 0.0753. The van der Waals surface area contributed by atoms with Crippen molar-refractivity contribution in [1.82, 2.24) is 0 Å². The van der Waals surface area contributed by atoms with Crippen LogP contribution in [0.2, 0.25) is 0 Å². The Kier molecular flexibility index (Phi) is 20.1. The Labute approximate surface area is 373 Å². The second-order valence-corrected chi connectivity index (χ2v) is 25.7. The maximum atomic E-state index is 4.89. The molecule has 7 heteroatoms. The molecule has 0 bridgehead atoms. The Hall–Kier alpha value is -3.25. The predicted molar refractivity (Wildman–Crippen MR) is 267 cm³/mol. The summed E-state index contributed by atoms with van der Waals surface area (Å²) in [6.07, 6.45) is 4.83. The molecule has 0 saturated carbocycles. The molecule has 0 amide bonds. The molecular weight excluding hydrogens is 915 g/mol. The SMILES string of the molecule is [Cl][Mo][Cl].c1ccc(P(CCP(c2ccccc2)c2ccccc2)c2ccccc2)cc1.c1ccc(P(CCP(c2ccccc2)c2ccccc2)c2ccccc2)cc1. The summed E-state index contributed by atoms with van der Waals surface area (Å²) in [5.41, 5.74) is 0. The van der Waals surface area contributed by atoms with E-state index in [1.807, 2.05) is 0 Å². The number of rotatable bonds is 14. The van der Waals surface area contributed by atoms with Gasteiger partial charge in [-0.3, -0.25) is 0 Å². The van der Waals surface area contributed by atoms with E-state index in [1.54, 1.807) is 0 Å². The molecular formula is C52H48Cl2MoP4.